The highest BCUT2D eigenvalue weighted by Gasteiger charge is 2.84. The SMILES string of the molecule is O[C@]12c3ccccc3[C@@H]3c4ccccc4[C@@H]4c5ccccc5[C@](O)(c5ccccc51)C432. The predicted molar refractivity (Wildman–Crippen MR) is 118 cm³/mol. The summed E-state index contributed by atoms with van der Waals surface area (Å²) in [6, 6.07) is 33.1. The van der Waals surface area contributed by atoms with Crippen LogP contribution in [0, 0.1) is 5.41 Å². The van der Waals surface area contributed by atoms with Gasteiger partial charge in [-0.2, -0.15) is 0 Å². The first-order chi connectivity index (χ1) is 15.2. The molecule has 4 aromatic rings. The van der Waals surface area contributed by atoms with Crippen molar-refractivity contribution >= 4 is 0 Å². The molecular weight excluding hydrogens is 380 g/mol. The standard InChI is InChI=1S/C29H20O2/c30-28-21-13-5-3-11-19(21)25-17-9-1-2-10-18(17)26-20-12-4-6-14-22(20)29(31,27(25,26)28)24-16-8-7-15-23(24)28/h1-16,25-26,30-31H/t25-,26+,27?,28+,29-. The van der Waals surface area contributed by atoms with Crippen LogP contribution < -0.4 is 0 Å². The van der Waals surface area contributed by atoms with Crippen molar-refractivity contribution in [3.8, 4) is 0 Å². The number of rotatable bonds is 0. The Morgan fingerprint density at radius 1 is 0.419 bits per heavy atom. The lowest BCUT2D eigenvalue weighted by Gasteiger charge is -2.46. The molecule has 4 aromatic carbocycles. The fraction of sp³-hybridized carbons (Fsp3) is 0.172. The van der Waals surface area contributed by atoms with Gasteiger partial charge < -0.3 is 10.2 Å². The summed E-state index contributed by atoms with van der Waals surface area (Å²) in [4.78, 5) is 0. The Balaban J connectivity index is 1.66. The number of aliphatic hydroxyl groups is 2. The van der Waals surface area contributed by atoms with Crippen LogP contribution in [0.4, 0.5) is 0 Å². The molecule has 4 aliphatic rings. The molecule has 2 nitrogen and oxygen atoms in total. The molecule has 0 saturated carbocycles. The van der Waals surface area contributed by atoms with E-state index in [-0.39, 0.29) is 11.8 Å². The van der Waals surface area contributed by atoms with Crippen LogP contribution in [0.3, 0.4) is 0 Å². The van der Waals surface area contributed by atoms with E-state index < -0.39 is 16.6 Å². The zero-order chi connectivity index (χ0) is 20.6. The molecule has 8 rings (SSSR count). The molecule has 0 aromatic heterocycles. The summed E-state index contributed by atoms with van der Waals surface area (Å²) in [6.45, 7) is 0. The summed E-state index contributed by atoms with van der Waals surface area (Å²) in [6.07, 6.45) is 0. The first-order valence-electron chi connectivity index (χ1n) is 11.0. The molecule has 4 aliphatic carbocycles. The summed E-state index contributed by atoms with van der Waals surface area (Å²) in [5.41, 5.74) is 4.94. The maximum atomic E-state index is 12.9. The fourth-order valence-electron chi connectivity index (χ4n) is 8.07. The Bertz CT molecular complexity index is 1340. The highest BCUT2D eigenvalue weighted by Crippen LogP contribution is 2.85. The third-order valence-electron chi connectivity index (χ3n) is 8.76. The van der Waals surface area contributed by atoms with E-state index in [9.17, 15) is 10.2 Å². The van der Waals surface area contributed by atoms with E-state index in [4.69, 9.17) is 0 Å². The first-order valence-corrected chi connectivity index (χ1v) is 11.0. The van der Waals surface area contributed by atoms with Crippen molar-refractivity contribution in [2.75, 3.05) is 0 Å². The topological polar surface area (TPSA) is 40.5 Å². The van der Waals surface area contributed by atoms with Crippen molar-refractivity contribution in [3.63, 3.8) is 0 Å². The van der Waals surface area contributed by atoms with Gasteiger partial charge in [-0.05, 0) is 44.5 Å². The summed E-state index contributed by atoms with van der Waals surface area (Å²) in [7, 11) is 0. The molecule has 31 heavy (non-hydrogen) atoms. The van der Waals surface area contributed by atoms with Gasteiger partial charge in [0.1, 0.15) is 11.2 Å². The zero-order valence-corrected chi connectivity index (χ0v) is 16.8. The molecule has 0 aliphatic heterocycles. The average molecular weight is 400 g/mol. The Morgan fingerprint density at radius 3 is 1.16 bits per heavy atom. The third kappa shape index (κ3) is 1.34. The van der Waals surface area contributed by atoms with Gasteiger partial charge in [0.2, 0.25) is 0 Å². The maximum Gasteiger partial charge on any atom is 0.126 e. The van der Waals surface area contributed by atoms with Crippen molar-refractivity contribution in [1.82, 2.24) is 0 Å². The highest BCUT2D eigenvalue weighted by atomic mass is 16.3. The average Bonchev–Trinajstić information content (AvgIpc) is 3.40. The highest BCUT2D eigenvalue weighted by molar-refractivity contribution is 5.76. The van der Waals surface area contributed by atoms with Crippen LogP contribution in [0.2, 0.25) is 0 Å². The van der Waals surface area contributed by atoms with Gasteiger partial charge in [-0.3, -0.25) is 0 Å². The van der Waals surface area contributed by atoms with Crippen LogP contribution in [0.15, 0.2) is 97.1 Å². The molecule has 2 N–H and O–H groups in total. The summed E-state index contributed by atoms with van der Waals surface area (Å²) < 4.78 is 0. The third-order valence-corrected chi connectivity index (χ3v) is 8.76. The lowest BCUT2D eigenvalue weighted by Crippen LogP contribution is -2.51. The second-order valence-corrected chi connectivity index (χ2v) is 9.50. The van der Waals surface area contributed by atoms with Gasteiger partial charge in [-0.25, -0.2) is 0 Å². The number of benzene rings is 4. The van der Waals surface area contributed by atoms with Crippen LogP contribution >= 0.6 is 0 Å². The van der Waals surface area contributed by atoms with Crippen molar-refractivity contribution in [1.29, 1.82) is 0 Å². The van der Waals surface area contributed by atoms with Crippen LogP contribution in [-0.4, -0.2) is 10.2 Å². The molecule has 148 valence electrons. The van der Waals surface area contributed by atoms with Crippen LogP contribution in [0.5, 0.6) is 0 Å². The smallest absolute Gasteiger partial charge is 0.126 e. The Kier molecular flexibility index (Phi) is 2.57. The monoisotopic (exact) mass is 400 g/mol. The molecule has 0 bridgehead atoms. The number of fused-ring (bicyclic) bond motifs is 12. The molecule has 0 fully saturated rings. The second-order valence-electron chi connectivity index (χ2n) is 9.50. The maximum absolute atomic E-state index is 12.9. The zero-order valence-electron chi connectivity index (χ0n) is 16.8. The van der Waals surface area contributed by atoms with E-state index in [2.05, 4.69) is 60.7 Å². The summed E-state index contributed by atoms with van der Waals surface area (Å²) in [5, 5.41) is 25.9. The van der Waals surface area contributed by atoms with E-state index in [0.29, 0.717) is 0 Å². The largest absolute Gasteiger partial charge is 0.380 e. The quantitative estimate of drug-likeness (QED) is 0.447. The van der Waals surface area contributed by atoms with Gasteiger partial charge in [0.25, 0.3) is 0 Å². The van der Waals surface area contributed by atoms with Gasteiger partial charge in [-0.1, -0.05) is 97.1 Å². The molecule has 0 heterocycles. The van der Waals surface area contributed by atoms with Gasteiger partial charge >= 0.3 is 0 Å². The normalized spacial score (nSPS) is 34.5. The van der Waals surface area contributed by atoms with E-state index >= 15 is 0 Å². The molecule has 1 unspecified atom stereocenters. The Morgan fingerprint density at radius 2 is 0.742 bits per heavy atom. The van der Waals surface area contributed by atoms with Crippen LogP contribution in [-0.2, 0) is 11.2 Å². The molecule has 0 saturated heterocycles. The molecular formula is C29H20O2. The lowest BCUT2D eigenvalue weighted by molar-refractivity contribution is -0.137. The van der Waals surface area contributed by atoms with Crippen molar-refractivity contribution < 1.29 is 10.2 Å². The van der Waals surface area contributed by atoms with E-state index in [1.165, 1.54) is 11.1 Å². The second kappa shape index (κ2) is 4.83. The van der Waals surface area contributed by atoms with Crippen LogP contribution in [0.1, 0.15) is 56.3 Å². The van der Waals surface area contributed by atoms with Crippen molar-refractivity contribution in [3.05, 3.63) is 142 Å². The van der Waals surface area contributed by atoms with E-state index in [1.54, 1.807) is 0 Å². The lowest BCUT2D eigenvalue weighted by atomic mass is 9.59. The Hall–Kier alpha value is -3.20. The summed E-state index contributed by atoms with van der Waals surface area (Å²) in [5.74, 6) is -0.167. The first kappa shape index (κ1) is 16.5. The van der Waals surface area contributed by atoms with E-state index in [0.717, 1.165) is 33.4 Å². The molecule has 0 radical (unpaired) electrons. The predicted octanol–water partition coefficient (Wildman–Crippen LogP) is 4.76. The van der Waals surface area contributed by atoms with Gasteiger partial charge in [-0.15, -0.1) is 0 Å². The Labute approximate surface area is 180 Å². The number of hydrogen-bond acceptors (Lipinski definition) is 2. The summed E-state index contributed by atoms with van der Waals surface area (Å²) >= 11 is 0. The molecule has 0 amide bonds. The number of hydrogen-bond donors (Lipinski definition) is 2. The van der Waals surface area contributed by atoms with Gasteiger partial charge in [0.05, 0.1) is 5.41 Å². The van der Waals surface area contributed by atoms with Gasteiger partial charge in [0, 0.05) is 11.8 Å². The minimum Gasteiger partial charge on any atom is -0.380 e. The molecule has 2 heteroatoms. The molecule has 5 atom stereocenters. The van der Waals surface area contributed by atoms with Crippen molar-refractivity contribution in [2.45, 2.75) is 23.0 Å². The fourth-order valence-corrected chi connectivity index (χ4v) is 8.07. The van der Waals surface area contributed by atoms with Crippen molar-refractivity contribution in [2.24, 2.45) is 5.41 Å². The minimum atomic E-state index is -1.28. The van der Waals surface area contributed by atoms with Crippen LogP contribution in [0.25, 0.3) is 0 Å². The molecule has 1 spiro atoms. The van der Waals surface area contributed by atoms with E-state index in [1.807, 2.05) is 36.4 Å². The van der Waals surface area contributed by atoms with Gasteiger partial charge in [0.15, 0.2) is 0 Å². The minimum absolute atomic E-state index is 0.0836.